The predicted molar refractivity (Wildman–Crippen MR) is 116 cm³/mol. The molecule has 1 fully saturated rings. The van der Waals surface area contributed by atoms with Crippen LogP contribution in [0.15, 0.2) is 18.2 Å². The highest BCUT2D eigenvalue weighted by molar-refractivity contribution is 7.89. The van der Waals surface area contributed by atoms with Gasteiger partial charge in [-0.3, -0.25) is 4.79 Å². The molecule has 1 unspecified atom stereocenters. The Morgan fingerprint density at radius 1 is 1.35 bits per heavy atom. The minimum absolute atomic E-state index is 0.0607. The van der Waals surface area contributed by atoms with Crippen molar-refractivity contribution in [2.24, 2.45) is 0 Å². The second-order valence-electron chi connectivity index (χ2n) is 8.37. The number of benzene rings is 1. The zero-order valence-corrected chi connectivity index (χ0v) is 19.0. The summed E-state index contributed by atoms with van der Waals surface area (Å²) in [4.78, 5) is 12.6. The number of hydrogen-bond acceptors (Lipinski definition) is 6. The molecule has 1 amide bonds. The van der Waals surface area contributed by atoms with Crippen molar-refractivity contribution in [1.82, 2.24) is 24.6 Å². The van der Waals surface area contributed by atoms with Crippen molar-refractivity contribution in [2.45, 2.75) is 57.9 Å². The number of fused-ring (bicyclic) bond motifs is 1. The average Bonchev–Trinajstić information content (AvgIpc) is 3.40. The van der Waals surface area contributed by atoms with Crippen molar-refractivity contribution >= 4 is 15.9 Å². The van der Waals surface area contributed by atoms with E-state index in [-0.39, 0.29) is 17.7 Å². The van der Waals surface area contributed by atoms with Gasteiger partial charge in [0.15, 0.2) is 5.69 Å². The normalized spacial score (nSPS) is 19.5. The van der Waals surface area contributed by atoms with Gasteiger partial charge in [-0.05, 0) is 57.2 Å². The first-order valence-corrected chi connectivity index (χ1v) is 12.2. The predicted octanol–water partition coefficient (Wildman–Crippen LogP) is 1.58. The van der Waals surface area contributed by atoms with Crippen molar-refractivity contribution in [2.75, 3.05) is 19.7 Å². The van der Waals surface area contributed by atoms with Crippen molar-refractivity contribution in [3.63, 3.8) is 0 Å². The van der Waals surface area contributed by atoms with Crippen LogP contribution >= 0.6 is 0 Å². The first-order valence-electron chi connectivity index (χ1n) is 10.7. The summed E-state index contributed by atoms with van der Waals surface area (Å²) in [7, 11) is -3.31. The van der Waals surface area contributed by atoms with Gasteiger partial charge in [-0.15, -0.1) is 5.10 Å². The molecule has 10 heteroatoms. The van der Waals surface area contributed by atoms with Gasteiger partial charge in [0.1, 0.15) is 0 Å². The number of hydrogen-bond donors (Lipinski definition) is 1. The summed E-state index contributed by atoms with van der Waals surface area (Å²) in [5.74, 6) is -0.266. The molecule has 0 spiro atoms. The molecular weight excluding hydrogens is 418 g/mol. The van der Waals surface area contributed by atoms with Gasteiger partial charge in [0.2, 0.25) is 10.0 Å². The Kier molecular flexibility index (Phi) is 6.14. The van der Waals surface area contributed by atoms with Crippen LogP contribution in [-0.4, -0.2) is 64.7 Å². The molecule has 1 atom stereocenters. The fraction of sp³-hybridized carbons (Fsp3) is 0.571. The molecule has 3 heterocycles. The molecule has 2 aromatic rings. The van der Waals surface area contributed by atoms with E-state index in [1.165, 1.54) is 0 Å². The number of nitrogens with zero attached hydrogens (tertiary/aromatic N) is 4. The maximum atomic E-state index is 12.6. The second-order valence-corrected chi connectivity index (χ2v) is 10.9. The zero-order chi connectivity index (χ0) is 22.2. The molecule has 31 heavy (non-hydrogen) atoms. The van der Waals surface area contributed by atoms with Crippen molar-refractivity contribution in [3.8, 4) is 5.69 Å². The molecule has 1 aromatic heterocycles. The number of aromatic nitrogens is 3. The van der Waals surface area contributed by atoms with Gasteiger partial charge in [0.05, 0.1) is 22.7 Å². The minimum atomic E-state index is -3.31. The Morgan fingerprint density at radius 3 is 2.87 bits per heavy atom. The number of sulfonamides is 1. The van der Waals surface area contributed by atoms with Crippen LogP contribution in [0.25, 0.3) is 5.69 Å². The largest absolute Gasteiger partial charge is 0.376 e. The summed E-state index contributed by atoms with van der Waals surface area (Å²) >= 11 is 0. The van der Waals surface area contributed by atoms with E-state index in [9.17, 15) is 13.2 Å². The molecule has 1 N–H and O–H groups in total. The molecule has 1 saturated heterocycles. The fourth-order valence-electron chi connectivity index (χ4n) is 4.14. The Labute approximate surface area is 182 Å². The standard InChI is InChI=1S/C21H29N5O4S/c1-14(2)31(28,29)25-10-9-18-16(13-25)6-4-8-19(18)26-15(3)20(23-24-26)21(27)22-12-17-7-5-11-30-17/h4,6,8,14,17H,5,7,9-13H2,1-3H3,(H,22,27). The Hall–Kier alpha value is -2.30. The van der Waals surface area contributed by atoms with E-state index in [1.54, 1.807) is 22.8 Å². The van der Waals surface area contributed by atoms with Crippen molar-refractivity contribution in [3.05, 3.63) is 40.7 Å². The third-order valence-corrected chi connectivity index (χ3v) is 8.24. The van der Waals surface area contributed by atoms with Gasteiger partial charge < -0.3 is 10.1 Å². The van der Waals surface area contributed by atoms with E-state index in [0.29, 0.717) is 31.7 Å². The summed E-state index contributed by atoms with van der Waals surface area (Å²) < 4.78 is 33.9. The van der Waals surface area contributed by atoms with E-state index in [1.807, 2.05) is 25.1 Å². The topological polar surface area (TPSA) is 106 Å². The summed E-state index contributed by atoms with van der Waals surface area (Å²) in [6.07, 6.45) is 2.61. The fourth-order valence-corrected chi connectivity index (χ4v) is 5.40. The zero-order valence-electron chi connectivity index (χ0n) is 18.2. The van der Waals surface area contributed by atoms with Gasteiger partial charge in [-0.25, -0.2) is 13.1 Å². The highest BCUT2D eigenvalue weighted by Crippen LogP contribution is 2.28. The third kappa shape index (κ3) is 4.24. The number of nitrogens with one attached hydrogen (secondary N) is 1. The van der Waals surface area contributed by atoms with Gasteiger partial charge in [-0.2, -0.15) is 4.31 Å². The third-order valence-electron chi connectivity index (χ3n) is 6.01. The second kappa shape index (κ2) is 8.68. The smallest absolute Gasteiger partial charge is 0.273 e. The van der Waals surface area contributed by atoms with E-state index < -0.39 is 15.3 Å². The van der Waals surface area contributed by atoms with E-state index in [0.717, 1.165) is 36.3 Å². The van der Waals surface area contributed by atoms with Crippen molar-refractivity contribution in [1.29, 1.82) is 0 Å². The van der Waals surface area contributed by atoms with Gasteiger partial charge in [0, 0.05) is 26.2 Å². The van der Waals surface area contributed by atoms with Crippen LogP contribution in [0.4, 0.5) is 0 Å². The monoisotopic (exact) mass is 447 g/mol. The van der Waals surface area contributed by atoms with Crippen LogP contribution < -0.4 is 5.32 Å². The molecule has 9 nitrogen and oxygen atoms in total. The molecule has 1 aromatic carbocycles. The number of amides is 1. The average molecular weight is 448 g/mol. The quantitative estimate of drug-likeness (QED) is 0.721. The van der Waals surface area contributed by atoms with Crippen LogP contribution in [-0.2, 0) is 27.7 Å². The number of carbonyl (C=O) groups is 1. The van der Waals surface area contributed by atoms with Gasteiger partial charge >= 0.3 is 0 Å². The number of rotatable bonds is 6. The first-order chi connectivity index (χ1) is 14.8. The molecule has 0 aliphatic carbocycles. The van der Waals surface area contributed by atoms with Crippen LogP contribution in [0.3, 0.4) is 0 Å². The SMILES string of the molecule is Cc1c(C(=O)NCC2CCCO2)nnn1-c1cccc2c1CCN(S(=O)(=O)C(C)C)C2. The van der Waals surface area contributed by atoms with E-state index in [2.05, 4.69) is 15.6 Å². The first kappa shape index (κ1) is 21.9. The van der Waals surface area contributed by atoms with Crippen LogP contribution in [0, 0.1) is 6.92 Å². The summed E-state index contributed by atoms with van der Waals surface area (Å²) in [5, 5.41) is 10.8. The van der Waals surface area contributed by atoms with E-state index in [4.69, 9.17) is 4.74 Å². The maximum absolute atomic E-state index is 12.6. The molecule has 4 rings (SSSR count). The molecule has 2 aliphatic rings. The van der Waals surface area contributed by atoms with Gasteiger partial charge in [0.25, 0.3) is 5.91 Å². The Morgan fingerprint density at radius 2 is 2.16 bits per heavy atom. The molecular formula is C21H29N5O4S. The molecule has 0 saturated carbocycles. The maximum Gasteiger partial charge on any atom is 0.273 e. The molecule has 0 bridgehead atoms. The lowest BCUT2D eigenvalue weighted by Crippen LogP contribution is -2.40. The van der Waals surface area contributed by atoms with Crippen molar-refractivity contribution < 1.29 is 17.9 Å². The summed E-state index contributed by atoms with van der Waals surface area (Å²) in [5.41, 5.74) is 3.76. The lowest BCUT2D eigenvalue weighted by Gasteiger charge is -2.30. The molecule has 168 valence electrons. The van der Waals surface area contributed by atoms with E-state index >= 15 is 0 Å². The van der Waals surface area contributed by atoms with Crippen LogP contribution in [0.2, 0.25) is 0 Å². The highest BCUT2D eigenvalue weighted by atomic mass is 32.2. The Balaban J connectivity index is 1.56. The number of ether oxygens (including phenoxy) is 1. The number of carbonyl (C=O) groups excluding carboxylic acids is 1. The summed E-state index contributed by atoms with van der Waals surface area (Å²) in [6, 6.07) is 5.77. The molecule has 2 aliphatic heterocycles. The lowest BCUT2D eigenvalue weighted by atomic mass is 9.99. The summed E-state index contributed by atoms with van der Waals surface area (Å²) in [6.45, 7) is 7.19. The molecule has 0 radical (unpaired) electrons. The van der Waals surface area contributed by atoms with Crippen LogP contribution in [0.5, 0.6) is 0 Å². The minimum Gasteiger partial charge on any atom is -0.376 e. The lowest BCUT2D eigenvalue weighted by molar-refractivity contribution is 0.0853. The van der Waals surface area contributed by atoms with Gasteiger partial charge in [-0.1, -0.05) is 17.3 Å². The Bertz CT molecular complexity index is 1070. The highest BCUT2D eigenvalue weighted by Gasteiger charge is 2.31. The van der Waals surface area contributed by atoms with Crippen LogP contribution in [0.1, 0.15) is 54.0 Å².